The van der Waals surface area contributed by atoms with Crippen molar-refractivity contribution in [2.45, 2.75) is 44.7 Å². The molecule has 0 spiro atoms. The number of amides is 2. The molecule has 3 rings (SSSR count). The zero-order chi connectivity index (χ0) is 19.1. The Balaban J connectivity index is 1.60. The molecule has 2 saturated heterocycles. The standard InChI is InChI=1S/C21H33N3O3/c1-16-7-11-24(12-8-16)20(17-3-5-19(26-2)6-4-17)15-22-21(25)23-18-9-13-27-14-10-18/h3-6,16,18,20H,7-15H2,1-2H3,(H2,22,23,25). The molecule has 2 fully saturated rings. The van der Waals surface area contributed by atoms with Crippen molar-refractivity contribution in [2.75, 3.05) is 40.0 Å². The van der Waals surface area contributed by atoms with Gasteiger partial charge in [0.1, 0.15) is 5.75 Å². The predicted octanol–water partition coefficient (Wildman–Crippen LogP) is 2.95. The van der Waals surface area contributed by atoms with Gasteiger partial charge in [-0.15, -0.1) is 0 Å². The summed E-state index contributed by atoms with van der Waals surface area (Å²) in [5.41, 5.74) is 1.22. The Hall–Kier alpha value is -1.79. The Kier molecular flexibility index (Phi) is 7.35. The first-order valence-corrected chi connectivity index (χ1v) is 10.2. The fraction of sp³-hybridized carbons (Fsp3) is 0.667. The molecule has 0 radical (unpaired) electrons. The van der Waals surface area contributed by atoms with Gasteiger partial charge in [-0.3, -0.25) is 4.90 Å². The summed E-state index contributed by atoms with van der Waals surface area (Å²) in [5, 5.41) is 6.19. The summed E-state index contributed by atoms with van der Waals surface area (Å²) in [6.07, 6.45) is 4.19. The summed E-state index contributed by atoms with van der Waals surface area (Å²) in [6.45, 7) is 6.52. The number of hydrogen-bond donors (Lipinski definition) is 2. The number of rotatable bonds is 6. The molecule has 0 aliphatic carbocycles. The topological polar surface area (TPSA) is 62.8 Å². The van der Waals surface area contributed by atoms with E-state index in [-0.39, 0.29) is 18.1 Å². The Morgan fingerprint density at radius 3 is 2.48 bits per heavy atom. The number of carbonyl (C=O) groups is 1. The largest absolute Gasteiger partial charge is 0.497 e. The summed E-state index contributed by atoms with van der Waals surface area (Å²) < 4.78 is 10.6. The number of benzene rings is 1. The van der Waals surface area contributed by atoms with E-state index in [4.69, 9.17) is 9.47 Å². The second kappa shape index (κ2) is 9.95. The van der Waals surface area contributed by atoms with Crippen LogP contribution in [0.1, 0.15) is 44.2 Å². The highest BCUT2D eigenvalue weighted by molar-refractivity contribution is 5.74. The summed E-state index contributed by atoms with van der Waals surface area (Å²) >= 11 is 0. The maximum absolute atomic E-state index is 12.4. The smallest absolute Gasteiger partial charge is 0.315 e. The van der Waals surface area contributed by atoms with Crippen LogP contribution in [0.3, 0.4) is 0 Å². The van der Waals surface area contributed by atoms with E-state index in [1.807, 2.05) is 12.1 Å². The molecule has 1 unspecified atom stereocenters. The van der Waals surface area contributed by atoms with E-state index < -0.39 is 0 Å². The highest BCUT2D eigenvalue weighted by Gasteiger charge is 2.25. The number of nitrogens with zero attached hydrogens (tertiary/aromatic N) is 1. The van der Waals surface area contributed by atoms with Crippen LogP contribution in [0.4, 0.5) is 4.79 Å². The first-order valence-electron chi connectivity index (χ1n) is 10.2. The third kappa shape index (κ3) is 5.84. The van der Waals surface area contributed by atoms with Gasteiger partial charge in [0.05, 0.1) is 13.2 Å². The molecule has 1 atom stereocenters. The van der Waals surface area contributed by atoms with E-state index in [2.05, 4.69) is 34.6 Å². The summed E-state index contributed by atoms with van der Waals surface area (Å²) in [7, 11) is 1.68. The van der Waals surface area contributed by atoms with Crippen LogP contribution in [0, 0.1) is 5.92 Å². The van der Waals surface area contributed by atoms with Crippen molar-refractivity contribution in [3.63, 3.8) is 0 Å². The van der Waals surface area contributed by atoms with E-state index in [0.29, 0.717) is 6.54 Å². The molecule has 150 valence electrons. The van der Waals surface area contributed by atoms with Gasteiger partial charge < -0.3 is 20.1 Å². The Labute approximate surface area is 162 Å². The molecular formula is C21H33N3O3. The first kappa shape index (κ1) is 20.0. The van der Waals surface area contributed by atoms with Crippen LogP contribution in [-0.4, -0.2) is 56.9 Å². The van der Waals surface area contributed by atoms with Crippen molar-refractivity contribution in [2.24, 2.45) is 5.92 Å². The van der Waals surface area contributed by atoms with Gasteiger partial charge in [-0.05, 0) is 62.4 Å². The average molecular weight is 376 g/mol. The van der Waals surface area contributed by atoms with E-state index in [9.17, 15) is 4.79 Å². The van der Waals surface area contributed by atoms with Crippen LogP contribution >= 0.6 is 0 Å². The number of carbonyl (C=O) groups excluding carboxylic acids is 1. The normalized spacial score (nSPS) is 20.8. The molecule has 2 amide bonds. The lowest BCUT2D eigenvalue weighted by atomic mass is 9.95. The second-order valence-corrected chi connectivity index (χ2v) is 7.75. The maximum atomic E-state index is 12.4. The minimum absolute atomic E-state index is 0.0780. The number of nitrogens with one attached hydrogen (secondary N) is 2. The predicted molar refractivity (Wildman–Crippen MR) is 106 cm³/mol. The highest BCUT2D eigenvalue weighted by Crippen LogP contribution is 2.27. The number of ether oxygens (including phenoxy) is 2. The molecular weight excluding hydrogens is 342 g/mol. The van der Waals surface area contributed by atoms with Crippen molar-refractivity contribution in [1.29, 1.82) is 0 Å². The number of hydrogen-bond acceptors (Lipinski definition) is 4. The average Bonchev–Trinajstić information content (AvgIpc) is 2.70. The van der Waals surface area contributed by atoms with E-state index in [0.717, 1.165) is 50.8 Å². The molecule has 0 saturated carbocycles. The lowest BCUT2D eigenvalue weighted by Crippen LogP contribution is -2.48. The monoisotopic (exact) mass is 375 g/mol. The summed E-state index contributed by atoms with van der Waals surface area (Å²) in [4.78, 5) is 14.9. The SMILES string of the molecule is COc1ccc(C(CNC(=O)NC2CCOCC2)N2CCC(C)CC2)cc1. The molecule has 6 nitrogen and oxygen atoms in total. The number of piperidine rings is 1. The van der Waals surface area contributed by atoms with Crippen LogP contribution in [-0.2, 0) is 4.74 Å². The molecule has 1 aromatic carbocycles. The Bertz CT molecular complexity index is 579. The number of methoxy groups -OCH3 is 1. The van der Waals surface area contributed by atoms with Crippen LogP contribution in [0.5, 0.6) is 5.75 Å². The third-order valence-electron chi connectivity index (χ3n) is 5.77. The fourth-order valence-electron chi connectivity index (χ4n) is 3.89. The van der Waals surface area contributed by atoms with Gasteiger partial charge in [0.25, 0.3) is 0 Å². The van der Waals surface area contributed by atoms with Crippen LogP contribution in [0.15, 0.2) is 24.3 Å². The minimum atomic E-state index is -0.0780. The molecule has 2 aliphatic rings. The fourth-order valence-corrected chi connectivity index (χ4v) is 3.89. The molecule has 2 N–H and O–H groups in total. The molecule has 27 heavy (non-hydrogen) atoms. The number of likely N-dealkylation sites (tertiary alicyclic amines) is 1. The van der Waals surface area contributed by atoms with E-state index in [1.165, 1.54) is 18.4 Å². The van der Waals surface area contributed by atoms with Crippen molar-refractivity contribution >= 4 is 6.03 Å². The lowest BCUT2D eigenvalue weighted by molar-refractivity contribution is 0.0798. The Morgan fingerprint density at radius 2 is 1.85 bits per heavy atom. The maximum Gasteiger partial charge on any atom is 0.315 e. The number of urea groups is 1. The van der Waals surface area contributed by atoms with Crippen LogP contribution in [0.2, 0.25) is 0 Å². The van der Waals surface area contributed by atoms with Crippen molar-refractivity contribution in [3.05, 3.63) is 29.8 Å². The van der Waals surface area contributed by atoms with Crippen molar-refractivity contribution in [3.8, 4) is 5.75 Å². The van der Waals surface area contributed by atoms with E-state index >= 15 is 0 Å². The second-order valence-electron chi connectivity index (χ2n) is 7.75. The zero-order valence-corrected chi connectivity index (χ0v) is 16.6. The molecule has 2 aliphatic heterocycles. The van der Waals surface area contributed by atoms with Gasteiger partial charge in [-0.25, -0.2) is 4.79 Å². The highest BCUT2D eigenvalue weighted by atomic mass is 16.5. The van der Waals surface area contributed by atoms with Crippen LogP contribution in [0.25, 0.3) is 0 Å². The summed E-state index contributed by atoms with van der Waals surface area (Å²) in [5.74, 6) is 1.64. The van der Waals surface area contributed by atoms with Gasteiger partial charge >= 0.3 is 6.03 Å². The molecule has 0 aromatic heterocycles. The third-order valence-corrected chi connectivity index (χ3v) is 5.77. The van der Waals surface area contributed by atoms with Gasteiger partial charge in [-0.1, -0.05) is 19.1 Å². The molecule has 0 bridgehead atoms. The zero-order valence-electron chi connectivity index (χ0n) is 16.6. The van der Waals surface area contributed by atoms with E-state index in [1.54, 1.807) is 7.11 Å². The lowest BCUT2D eigenvalue weighted by Gasteiger charge is -2.37. The molecule has 2 heterocycles. The minimum Gasteiger partial charge on any atom is -0.497 e. The first-order chi connectivity index (χ1) is 13.2. The van der Waals surface area contributed by atoms with Crippen molar-refractivity contribution < 1.29 is 14.3 Å². The van der Waals surface area contributed by atoms with Gasteiger partial charge in [-0.2, -0.15) is 0 Å². The Morgan fingerprint density at radius 1 is 1.19 bits per heavy atom. The van der Waals surface area contributed by atoms with Gasteiger partial charge in [0.2, 0.25) is 0 Å². The van der Waals surface area contributed by atoms with Gasteiger partial charge in [0.15, 0.2) is 0 Å². The summed E-state index contributed by atoms with van der Waals surface area (Å²) in [6, 6.07) is 8.54. The van der Waals surface area contributed by atoms with Crippen LogP contribution < -0.4 is 15.4 Å². The van der Waals surface area contributed by atoms with Gasteiger partial charge in [0, 0.05) is 25.8 Å². The quantitative estimate of drug-likeness (QED) is 0.802. The molecule has 6 heteroatoms. The van der Waals surface area contributed by atoms with Crippen molar-refractivity contribution in [1.82, 2.24) is 15.5 Å². The molecule has 1 aromatic rings.